The third-order valence-corrected chi connectivity index (χ3v) is 14.5. The second-order valence-corrected chi connectivity index (χ2v) is 17.9. The molecule has 306 valence electrons. The van der Waals surface area contributed by atoms with Crippen LogP contribution in [0.15, 0.2) is 247 Å². The standard InChI is InChI=1S/C65H40O/c1-2-20-46(21-3-1)65(61-31-14-12-29-54(61)55-30-13-15-32-62(55)65)47-22-16-19-41(35-47)58-39-45(57-37-43-18-5-7-24-49(43)51-26-9-11-28-53(51)57)40-60-59-38-44(33-34-63(59)66-64(58)60)56-36-42-17-4-6-23-48(42)50-25-8-10-27-52(50)56/h1-40H. The molecule has 0 bridgehead atoms. The van der Waals surface area contributed by atoms with Gasteiger partial charge in [-0.15, -0.1) is 0 Å². The minimum absolute atomic E-state index is 0.527. The molecule has 1 aromatic heterocycles. The summed E-state index contributed by atoms with van der Waals surface area (Å²) < 4.78 is 7.12. The molecule has 1 heteroatoms. The van der Waals surface area contributed by atoms with Crippen molar-refractivity contribution in [3.63, 3.8) is 0 Å². The van der Waals surface area contributed by atoms with Crippen LogP contribution in [-0.2, 0) is 5.41 Å². The molecule has 0 aliphatic heterocycles. The number of hydrogen-bond donors (Lipinski definition) is 0. The van der Waals surface area contributed by atoms with Crippen molar-refractivity contribution in [1.82, 2.24) is 0 Å². The van der Waals surface area contributed by atoms with Gasteiger partial charge >= 0.3 is 0 Å². The lowest BCUT2D eigenvalue weighted by Gasteiger charge is -2.34. The maximum atomic E-state index is 7.12. The molecule has 12 aromatic carbocycles. The third-order valence-electron chi connectivity index (χ3n) is 14.5. The van der Waals surface area contributed by atoms with Gasteiger partial charge in [0.25, 0.3) is 0 Å². The van der Waals surface area contributed by atoms with E-state index < -0.39 is 5.41 Å². The smallest absolute Gasteiger partial charge is 0.143 e. The summed E-state index contributed by atoms with van der Waals surface area (Å²) in [6.45, 7) is 0. The summed E-state index contributed by atoms with van der Waals surface area (Å²) in [5.41, 5.74) is 15.8. The lowest BCUT2D eigenvalue weighted by atomic mass is 9.67. The number of benzene rings is 12. The van der Waals surface area contributed by atoms with Crippen molar-refractivity contribution < 1.29 is 4.42 Å². The van der Waals surface area contributed by atoms with Crippen LogP contribution in [0.3, 0.4) is 0 Å². The average molecular weight is 837 g/mol. The molecular formula is C65H40O. The van der Waals surface area contributed by atoms with Crippen LogP contribution in [0.1, 0.15) is 22.3 Å². The van der Waals surface area contributed by atoms with Gasteiger partial charge in [0.1, 0.15) is 11.2 Å². The molecule has 13 aromatic rings. The predicted molar refractivity (Wildman–Crippen MR) is 277 cm³/mol. The first-order valence-corrected chi connectivity index (χ1v) is 22.9. The van der Waals surface area contributed by atoms with E-state index in [-0.39, 0.29) is 0 Å². The molecule has 0 amide bonds. The number of fused-ring (bicyclic) bond motifs is 12. The van der Waals surface area contributed by atoms with E-state index in [4.69, 9.17) is 4.42 Å². The molecule has 1 aliphatic carbocycles. The molecule has 1 heterocycles. The highest BCUT2D eigenvalue weighted by atomic mass is 16.3. The van der Waals surface area contributed by atoms with Gasteiger partial charge in [-0.25, -0.2) is 0 Å². The molecule has 0 fully saturated rings. The first-order valence-electron chi connectivity index (χ1n) is 22.9. The third kappa shape index (κ3) is 5.29. The Bertz CT molecular complexity index is 4070. The van der Waals surface area contributed by atoms with Crippen LogP contribution in [-0.4, -0.2) is 0 Å². The number of furan rings is 1. The Kier molecular flexibility index (Phi) is 7.97. The summed E-state index contributed by atoms with van der Waals surface area (Å²) >= 11 is 0. The van der Waals surface area contributed by atoms with Crippen LogP contribution in [0.25, 0.3) is 110 Å². The van der Waals surface area contributed by atoms with E-state index in [0.717, 1.165) is 38.6 Å². The summed E-state index contributed by atoms with van der Waals surface area (Å²) in [6, 6.07) is 89.7. The zero-order valence-electron chi connectivity index (χ0n) is 36.0. The highest BCUT2D eigenvalue weighted by molar-refractivity contribution is 6.18. The maximum Gasteiger partial charge on any atom is 0.143 e. The minimum Gasteiger partial charge on any atom is -0.455 e. The average Bonchev–Trinajstić information content (AvgIpc) is 3.92. The lowest BCUT2D eigenvalue weighted by Crippen LogP contribution is -2.28. The first kappa shape index (κ1) is 36.9. The fourth-order valence-corrected chi connectivity index (χ4v) is 11.6. The quantitative estimate of drug-likeness (QED) is 0.157. The van der Waals surface area contributed by atoms with Gasteiger partial charge in [-0.2, -0.15) is 0 Å². The Morgan fingerprint density at radius 1 is 0.258 bits per heavy atom. The largest absolute Gasteiger partial charge is 0.455 e. The Labute approximate surface area is 382 Å². The van der Waals surface area contributed by atoms with Gasteiger partial charge in [0, 0.05) is 16.3 Å². The molecule has 0 radical (unpaired) electrons. The van der Waals surface area contributed by atoms with Crippen molar-refractivity contribution in [3.8, 4) is 44.5 Å². The van der Waals surface area contributed by atoms with E-state index in [2.05, 4.69) is 243 Å². The summed E-state index contributed by atoms with van der Waals surface area (Å²) in [5.74, 6) is 0. The van der Waals surface area contributed by atoms with E-state index in [1.54, 1.807) is 0 Å². The second-order valence-electron chi connectivity index (χ2n) is 17.9. The van der Waals surface area contributed by atoms with Gasteiger partial charge in [0.05, 0.1) is 5.41 Å². The van der Waals surface area contributed by atoms with Gasteiger partial charge in [-0.1, -0.05) is 200 Å². The van der Waals surface area contributed by atoms with Crippen molar-refractivity contribution in [3.05, 3.63) is 265 Å². The van der Waals surface area contributed by atoms with Gasteiger partial charge < -0.3 is 4.42 Å². The molecule has 14 rings (SSSR count). The Balaban J connectivity index is 1.06. The monoisotopic (exact) mass is 836 g/mol. The predicted octanol–water partition coefficient (Wildman–Crippen LogP) is 17.6. The summed E-state index contributed by atoms with van der Waals surface area (Å²) in [7, 11) is 0. The summed E-state index contributed by atoms with van der Waals surface area (Å²) in [5, 5.41) is 12.2. The zero-order chi connectivity index (χ0) is 43.3. The molecule has 66 heavy (non-hydrogen) atoms. The van der Waals surface area contributed by atoms with Crippen molar-refractivity contribution in [2.75, 3.05) is 0 Å². The fraction of sp³-hybridized carbons (Fsp3) is 0.0154. The van der Waals surface area contributed by atoms with Crippen molar-refractivity contribution in [1.29, 1.82) is 0 Å². The maximum absolute atomic E-state index is 7.12. The summed E-state index contributed by atoms with van der Waals surface area (Å²) in [6.07, 6.45) is 0. The molecular weight excluding hydrogens is 797 g/mol. The number of rotatable bonds is 5. The Hall–Kier alpha value is -8.52. The molecule has 1 aliphatic rings. The van der Waals surface area contributed by atoms with Crippen LogP contribution in [0.5, 0.6) is 0 Å². The van der Waals surface area contributed by atoms with Crippen LogP contribution in [0.4, 0.5) is 0 Å². The minimum atomic E-state index is -0.527. The van der Waals surface area contributed by atoms with Crippen LogP contribution >= 0.6 is 0 Å². The van der Waals surface area contributed by atoms with Crippen molar-refractivity contribution >= 4 is 65.0 Å². The Morgan fingerprint density at radius 2 is 0.758 bits per heavy atom. The SMILES string of the molecule is c1ccc(C2(c3cccc(-c4cc(-c5cc6ccccc6c6ccccc56)cc5c4oc4ccc(-c6cc7ccccc7c7ccccc67)cc45)c3)c3ccccc3-c3ccccc32)cc1. The van der Waals surface area contributed by atoms with Crippen molar-refractivity contribution in [2.24, 2.45) is 0 Å². The lowest BCUT2D eigenvalue weighted by molar-refractivity contribution is 0.670. The molecule has 0 N–H and O–H groups in total. The molecule has 0 spiro atoms. The fourth-order valence-electron chi connectivity index (χ4n) is 11.6. The van der Waals surface area contributed by atoms with E-state index in [1.165, 1.54) is 93.2 Å². The van der Waals surface area contributed by atoms with Gasteiger partial charge in [0.2, 0.25) is 0 Å². The van der Waals surface area contributed by atoms with Gasteiger partial charge in [-0.3, -0.25) is 0 Å². The van der Waals surface area contributed by atoms with Crippen LogP contribution in [0, 0.1) is 0 Å². The highest BCUT2D eigenvalue weighted by Gasteiger charge is 2.46. The summed E-state index contributed by atoms with van der Waals surface area (Å²) in [4.78, 5) is 0. The topological polar surface area (TPSA) is 13.1 Å². The molecule has 1 nitrogen and oxygen atoms in total. The normalized spacial score (nSPS) is 13.0. The Morgan fingerprint density at radius 3 is 1.41 bits per heavy atom. The molecule has 0 atom stereocenters. The molecule has 0 unspecified atom stereocenters. The molecule has 0 saturated carbocycles. The second kappa shape index (κ2) is 14.2. The van der Waals surface area contributed by atoms with Crippen molar-refractivity contribution in [2.45, 2.75) is 5.41 Å². The van der Waals surface area contributed by atoms with E-state index in [9.17, 15) is 0 Å². The van der Waals surface area contributed by atoms with E-state index in [1.807, 2.05) is 0 Å². The molecule has 0 saturated heterocycles. The van der Waals surface area contributed by atoms with Gasteiger partial charge in [0.15, 0.2) is 0 Å². The van der Waals surface area contributed by atoms with Gasteiger partial charge in [-0.05, 0) is 147 Å². The first-order chi connectivity index (χ1) is 32.7. The van der Waals surface area contributed by atoms with Crippen LogP contribution < -0.4 is 0 Å². The number of hydrogen-bond acceptors (Lipinski definition) is 1. The highest BCUT2D eigenvalue weighted by Crippen LogP contribution is 2.56. The zero-order valence-corrected chi connectivity index (χ0v) is 36.0. The van der Waals surface area contributed by atoms with Crippen LogP contribution in [0.2, 0.25) is 0 Å². The van der Waals surface area contributed by atoms with E-state index >= 15 is 0 Å². The van der Waals surface area contributed by atoms with E-state index in [0.29, 0.717) is 0 Å².